The number of benzene rings is 2. The molecule has 0 atom stereocenters. The molecule has 0 aliphatic heterocycles. The maximum absolute atomic E-state index is 12.2. The molecule has 120 valence electrons. The van der Waals surface area contributed by atoms with Crippen molar-refractivity contribution in [3.8, 4) is 11.8 Å². The molecule has 2 N–H and O–H groups in total. The molecule has 0 spiro atoms. The molecule has 0 aliphatic rings. The van der Waals surface area contributed by atoms with Crippen LogP contribution in [0.5, 0.6) is 5.75 Å². The van der Waals surface area contributed by atoms with E-state index in [2.05, 4.69) is 5.32 Å². The lowest BCUT2D eigenvalue weighted by atomic mass is 10.1. The summed E-state index contributed by atoms with van der Waals surface area (Å²) in [5.41, 5.74) is 1.09. The maximum Gasteiger partial charge on any atom is 0.335 e. The van der Waals surface area contributed by atoms with Crippen molar-refractivity contribution in [2.45, 2.75) is 0 Å². The van der Waals surface area contributed by atoms with Crippen molar-refractivity contribution in [1.82, 2.24) is 0 Å². The van der Waals surface area contributed by atoms with Gasteiger partial charge in [-0.05, 0) is 35.9 Å². The third-order valence-electron chi connectivity index (χ3n) is 3.16. The molecule has 0 radical (unpaired) electrons. The number of carboxylic acids is 1. The van der Waals surface area contributed by atoms with Gasteiger partial charge in [0.05, 0.1) is 12.7 Å². The molecule has 2 rings (SSSR count). The number of carbonyl (C=O) groups is 2. The number of rotatable bonds is 5. The van der Waals surface area contributed by atoms with E-state index >= 15 is 0 Å². The zero-order valence-corrected chi connectivity index (χ0v) is 12.8. The Morgan fingerprint density at radius 2 is 1.92 bits per heavy atom. The van der Waals surface area contributed by atoms with E-state index in [9.17, 15) is 14.9 Å². The summed E-state index contributed by atoms with van der Waals surface area (Å²) in [5.74, 6) is -1.02. The molecule has 0 aliphatic carbocycles. The number of carbonyl (C=O) groups excluding carboxylic acids is 1. The van der Waals surface area contributed by atoms with Gasteiger partial charge in [0.2, 0.25) is 0 Å². The Balaban J connectivity index is 2.18. The van der Waals surface area contributed by atoms with Crippen LogP contribution in [0, 0.1) is 11.3 Å². The number of nitrogens with zero attached hydrogens (tertiary/aromatic N) is 1. The molecule has 0 bridgehead atoms. The van der Waals surface area contributed by atoms with Gasteiger partial charge in [0.25, 0.3) is 5.91 Å². The third-order valence-corrected chi connectivity index (χ3v) is 3.16. The van der Waals surface area contributed by atoms with Gasteiger partial charge in [0.15, 0.2) is 0 Å². The summed E-state index contributed by atoms with van der Waals surface area (Å²) >= 11 is 0. The van der Waals surface area contributed by atoms with Gasteiger partial charge in [0, 0.05) is 11.8 Å². The highest BCUT2D eigenvalue weighted by Gasteiger charge is 2.10. The highest BCUT2D eigenvalue weighted by molar-refractivity contribution is 6.09. The fourth-order valence-corrected chi connectivity index (χ4v) is 1.94. The predicted octanol–water partition coefficient (Wildman–Crippen LogP) is 2.94. The van der Waals surface area contributed by atoms with E-state index in [-0.39, 0.29) is 11.1 Å². The summed E-state index contributed by atoms with van der Waals surface area (Å²) in [6.07, 6.45) is 1.39. The van der Waals surface area contributed by atoms with Gasteiger partial charge in [0.1, 0.15) is 17.4 Å². The number of carboxylic acid groups (broad SMARTS) is 1. The van der Waals surface area contributed by atoms with Gasteiger partial charge in [-0.15, -0.1) is 0 Å². The Bertz CT molecular complexity index is 833. The first-order valence-corrected chi connectivity index (χ1v) is 6.94. The first-order valence-electron chi connectivity index (χ1n) is 6.94. The summed E-state index contributed by atoms with van der Waals surface area (Å²) in [6, 6.07) is 14.5. The van der Waals surface area contributed by atoms with E-state index in [1.165, 1.54) is 37.5 Å². The van der Waals surface area contributed by atoms with Crippen molar-refractivity contribution in [2.24, 2.45) is 0 Å². The number of nitriles is 1. The second-order valence-electron chi connectivity index (χ2n) is 4.78. The van der Waals surface area contributed by atoms with Crippen LogP contribution in [0.4, 0.5) is 5.69 Å². The number of aromatic carboxylic acids is 1. The summed E-state index contributed by atoms with van der Waals surface area (Å²) < 4.78 is 5.07. The predicted molar refractivity (Wildman–Crippen MR) is 88.6 cm³/mol. The molecule has 0 fully saturated rings. The summed E-state index contributed by atoms with van der Waals surface area (Å²) in [6.45, 7) is 0. The number of hydrogen-bond acceptors (Lipinski definition) is 4. The average molecular weight is 322 g/mol. The minimum atomic E-state index is -1.04. The Morgan fingerprint density at radius 1 is 1.21 bits per heavy atom. The van der Waals surface area contributed by atoms with Gasteiger partial charge >= 0.3 is 5.97 Å². The third kappa shape index (κ3) is 4.21. The lowest BCUT2D eigenvalue weighted by Gasteiger charge is -2.06. The minimum absolute atomic E-state index is 0.0964. The van der Waals surface area contributed by atoms with Crippen LogP contribution >= 0.6 is 0 Å². The molecular weight excluding hydrogens is 308 g/mol. The second-order valence-corrected chi connectivity index (χ2v) is 4.78. The standard InChI is InChI=1S/C18H14N2O4/c1-24-16-4-2-3-15(10-16)20-17(21)14(11-19)9-12-5-7-13(8-6-12)18(22)23/h2-10H,1H3,(H,20,21)(H,22,23). The summed E-state index contributed by atoms with van der Waals surface area (Å²) in [5, 5.41) is 20.7. The number of hydrogen-bond donors (Lipinski definition) is 2. The molecule has 0 saturated carbocycles. The molecule has 2 aromatic rings. The van der Waals surface area contributed by atoms with Gasteiger partial charge in [-0.3, -0.25) is 4.79 Å². The largest absolute Gasteiger partial charge is 0.497 e. The van der Waals surface area contributed by atoms with Gasteiger partial charge < -0.3 is 15.2 Å². The Hall–Kier alpha value is -3.59. The van der Waals surface area contributed by atoms with Crippen LogP contribution in [0.15, 0.2) is 54.1 Å². The molecular formula is C18H14N2O4. The van der Waals surface area contributed by atoms with Crippen LogP contribution < -0.4 is 10.1 Å². The molecule has 1 amide bonds. The van der Waals surface area contributed by atoms with E-state index < -0.39 is 11.9 Å². The van der Waals surface area contributed by atoms with Crippen molar-refractivity contribution < 1.29 is 19.4 Å². The molecule has 2 aromatic carbocycles. The molecule has 6 heteroatoms. The lowest BCUT2D eigenvalue weighted by molar-refractivity contribution is -0.112. The van der Waals surface area contributed by atoms with E-state index in [1.54, 1.807) is 24.3 Å². The zero-order chi connectivity index (χ0) is 17.5. The average Bonchev–Trinajstić information content (AvgIpc) is 2.60. The quantitative estimate of drug-likeness (QED) is 0.651. The fourth-order valence-electron chi connectivity index (χ4n) is 1.94. The van der Waals surface area contributed by atoms with Crippen molar-refractivity contribution >= 4 is 23.6 Å². The van der Waals surface area contributed by atoms with Crippen LogP contribution in [0.3, 0.4) is 0 Å². The smallest absolute Gasteiger partial charge is 0.335 e. The van der Waals surface area contributed by atoms with Crippen LogP contribution in [-0.4, -0.2) is 24.1 Å². The van der Waals surface area contributed by atoms with Crippen LogP contribution in [0.1, 0.15) is 15.9 Å². The number of methoxy groups -OCH3 is 1. The fraction of sp³-hybridized carbons (Fsp3) is 0.0556. The van der Waals surface area contributed by atoms with E-state index in [4.69, 9.17) is 9.84 Å². The highest BCUT2D eigenvalue weighted by atomic mass is 16.5. The van der Waals surface area contributed by atoms with Crippen molar-refractivity contribution in [3.05, 3.63) is 65.2 Å². The number of nitrogens with one attached hydrogen (secondary N) is 1. The monoisotopic (exact) mass is 322 g/mol. The van der Waals surface area contributed by atoms with Gasteiger partial charge in [-0.1, -0.05) is 18.2 Å². The Morgan fingerprint density at radius 3 is 2.50 bits per heavy atom. The number of ether oxygens (including phenoxy) is 1. The molecule has 0 heterocycles. The van der Waals surface area contributed by atoms with Crippen LogP contribution in [-0.2, 0) is 4.79 Å². The Kier molecular flexibility index (Phi) is 5.32. The first kappa shape index (κ1) is 16.8. The maximum atomic E-state index is 12.2. The summed E-state index contributed by atoms with van der Waals surface area (Å²) in [7, 11) is 1.52. The number of anilines is 1. The molecule has 6 nitrogen and oxygen atoms in total. The number of amides is 1. The topological polar surface area (TPSA) is 99.4 Å². The summed E-state index contributed by atoms with van der Waals surface area (Å²) in [4.78, 5) is 23.0. The molecule has 0 saturated heterocycles. The second kappa shape index (κ2) is 7.61. The molecule has 0 aromatic heterocycles. The highest BCUT2D eigenvalue weighted by Crippen LogP contribution is 2.18. The molecule has 0 unspecified atom stereocenters. The molecule has 24 heavy (non-hydrogen) atoms. The normalized spacial score (nSPS) is 10.6. The first-order chi connectivity index (χ1) is 11.5. The minimum Gasteiger partial charge on any atom is -0.497 e. The van der Waals surface area contributed by atoms with E-state index in [1.807, 2.05) is 6.07 Å². The van der Waals surface area contributed by atoms with Crippen molar-refractivity contribution in [2.75, 3.05) is 12.4 Å². The Labute approximate surface area is 138 Å². The van der Waals surface area contributed by atoms with Crippen LogP contribution in [0.25, 0.3) is 6.08 Å². The van der Waals surface area contributed by atoms with Crippen molar-refractivity contribution in [1.29, 1.82) is 5.26 Å². The SMILES string of the molecule is COc1cccc(NC(=O)C(C#N)=Cc2ccc(C(=O)O)cc2)c1. The lowest BCUT2D eigenvalue weighted by Crippen LogP contribution is -2.13. The van der Waals surface area contributed by atoms with Gasteiger partial charge in [-0.2, -0.15) is 5.26 Å². The van der Waals surface area contributed by atoms with E-state index in [0.717, 1.165) is 0 Å². The zero-order valence-electron chi connectivity index (χ0n) is 12.8. The van der Waals surface area contributed by atoms with Gasteiger partial charge in [-0.25, -0.2) is 4.79 Å². The van der Waals surface area contributed by atoms with Crippen LogP contribution in [0.2, 0.25) is 0 Å². The van der Waals surface area contributed by atoms with Crippen molar-refractivity contribution in [3.63, 3.8) is 0 Å². The van der Waals surface area contributed by atoms with E-state index in [0.29, 0.717) is 17.0 Å².